The predicted molar refractivity (Wildman–Crippen MR) is 89.0 cm³/mol. The van der Waals surface area contributed by atoms with Gasteiger partial charge in [0.1, 0.15) is 18.1 Å². The van der Waals surface area contributed by atoms with Crippen molar-refractivity contribution >= 4 is 15.9 Å². The van der Waals surface area contributed by atoms with Crippen LogP contribution in [0.3, 0.4) is 0 Å². The molecule has 3 nitrogen and oxygen atoms in total. The van der Waals surface area contributed by atoms with Gasteiger partial charge in [0.2, 0.25) is 0 Å². The minimum Gasteiger partial charge on any atom is -0.496 e. The van der Waals surface area contributed by atoms with Crippen LogP contribution in [0, 0.1) is 0 Å². The molecule has 2 aromatic carbocycles. The summed E-state index contributed by atoms with van der Waals surface area (Å²) in [5.41, 5.74) is 1.24. The number of hydrogen-bond donors (Lipinski definition) is 0. The zero-order valence-corrected chi connectivity index (χ0v) is 14.0. The van der Waals surface area contributed by atoms with E-state index < -0.39 is 0 Å². The summed E-state index contributed by atoms with van der Waals surface area (Å²) in [6.07, 6.45) is 0. The number of rotatable bonds is 7. The van der Waals surface area contributed by atoms with Gasteiger partial charge in [0, 0.05) is 13.1 Å². The molecule has 0 heterocycles. The second kappa shape index (κ2) is 8.05. The van der Waals surface area contributed by atoms with Crippen LogP contribution in [-0.2, 0) is 6.54 Å². The molecule has 0 aliphatic heterocycles. The molecule has 0 saturated carbocycles. The van der Waals surface area contributed by atoms with E-state index in [1.54, 1.807) is 7.11 Å². The zero-order valence-electron chi connectivity index (χ0n) is 12.4. The van der Waals surface area contributed by atoms with Gasteiger partial charge in [-0.05, 0) is 52.8 Å². The van der Waals surface area contributed by atoms with Crippen LogP contribution in [-0.4, -0.2) is 32.2 Å². The Labute approximate surface area is 134 Å². The maximum Gasteiger partial charge on any atom is 0.133 e. The normalized spacial score (nSPS) is 10.7. The molecule has 0 saturated heterocycles. The number of likely N-dealkylation sites (N-methyl/N-ethyl adjacent to an activating group) is 1. The molecular weight excluding hydrogens is 330 g/mol. The molecule has 0 fully saturated rings. The Morgan fingerprint density at radius 2 is 1.86 bits per heavy atom. The Kier molecular flexibility index (Phi) is 6.08. The molecule has 21 heavy (non-hydrogen) atoms. The molecule has 0 atom stereocenters. The minimum atomic E-state index is 0.678. The number of benzene rings is 2. The third-order valence-corrected chi connectivity index (χ3v) is 3.77. The maximum atomic E-state index is 5.70. The van der Waals surface area contributed by atoms with Crippen LogP contribution in [0.4, 0.5) is 0 Å². The van der Waals surface area contributed by atoms with Gasteiger partial charge in [-0.2, -0.15) is 0 Å². The quantitative estimate of drug-likeness (QED) is 0.754. The highest BCUT2D eigenvalue weighted by Gasteiger charge is 2.04. The van der Waals surface area contributed by atoms with Crippen LogP contribution >= 0.6 is 15.9 Å². The number of halogens is 1. The van der Waals surface area contributed by atoms with Gasteiger partial charge in [-0.25, -0.2) is 0 Å². The molecule has 112 valence electrons. The summed E-state index contributed by atoms with van der Waals surface area (Å²) in [7, 11) is 3.76. The summed E-state index contributed by atoms with van der Waals surface area (Å²) in [5.74, 6) is 1.77. The molecule has 0 aromatic heterocycles. The Morgan fingerprint density at radius 1 is 1.10 bits per heavy atom. The van der Waals surface area contributed by atoms with E-state index in [-0.39, 0.29) is 0 Å². The van der Waals surface area contributed by atoms with Crippen molar-refractivity contribution in [1.82, 2.24) is 4.90 Å². The maximum absolute atomic E-state index is 5.70. The summed E-state index contributed by atoms with van der Waals surface area (Å²) in [5, 5.41) is 0. The predicted octanol–water partition coefficient (Wildman–Crippen LogP) is 3.97. The highest BCUT2D eigenvalue weighted by Crippen LogP contribution is 2.25. The van der Waals surface area contributed by atoms with E-state index >= 15 is 0 Å². The van der Waals surface area contributed by atoms with E-state index in [9.17, 15) is 0 Å². The lowest BCUT2D eigenvalue weighted by Gasteiger charge is -2.17. The van der Waals surface area contributed by atoms with Crippen LogP contribution < -0.4 is 9.47 Å². The highest BCUT2D eigenvalue weighted by atomic mass is 79.9. The molecule has 2 aromatic rings. The lowest BCUT2D eigenvalue weighted by Crippen LogP contribution is -2.23. The van der Waals surface area contributed by atoms with Crippen molar-refractivity contribution in [2.24, 2.45) is 0 Å². The first-order chi connectivity index (χ1) is 10.2. The van der Waals surface area contributed by atoms with Gasteiger partial charge in [0.25, 0.3) is 0 Å². The van der Waals surface area contributed by atoms with Crippen molar-refractivity contribution < 1.29 is 9.47 Å². The van der Waals surface area contributed by atoms with Gasteiger partial charge in [-0.3, -0.25) is 4.90 Å². The number of para-hydroxylation sites is 1. The topological polar surface area (TPSA) is 21.7 Å². The minimum absolute atomic E-state index is 0.678. The van der Waals surface area contributed by atoms with E-state index in [1.807, 2.05) is 36.4 Å². The Bertz CT molecular complexity index is 560. The van der Waals surface area contributed by atoms with E-state index in [0.29, 0.717) is 6.61 Å². The average Bonchev–Trinajstić information content (AvgIpc) is 2.48. The van der Waals surface area contributed by atoms with Crippen molar-refractivity contribution in [3.63, 3.8) is 0 Å². The summed E-state index contributed by atoms with van der Waals surface area (Å²) < 4.78 is 11.9. The Hall–Kier alpha value is -1.52. The first-order valence-electron chi connectivity index (χ1n) is 6.88. The van der Waals surface area contributed by atoms with Crippen LogP contribution in [0.2, 0.25) is 0 Å². The Morgan fingerprint density at radius 3 is 2.52 bits per heavy atom. The first-order valence-corrected chi connectivity index (χ1v) is 7.67. The fraction of sp³-hybridized carbons (Fsp3) is 0.294. The van der Waals surface area contributed by atoms with Gasteiger partial charge >= 0.3 is 0 Å². The van der Waals surface area contributed by atoms with E-state index in [1.165, 1.54) is 5.56 Å². The summed E-state index contributed by atoms with van der Waals surface area (Å²) >= 11 is 3.51. The average molecular weight is 350 g/mol. The van der Waals surface area contributed by atoms with Gasteiger partial charge in [0.15, 0.2) is 0 Å². The van der Waals surface area contributed by atoms with Crippen LogP contribution in [0.15, 0.2) is 53.0 Å². The number of methoxy groups -OCH3 is 1. The van der Waals surface area contributed by atoms with Gasteiger partial charge in [-0.1, -0.05) is 24.3 Å². The van der Waals surface area contributed by atoms with Crippen molar-refractivity contribution in [3.8, 4) is 11.5 Å². The van der Waals surface area contributed by atoms with Crippen molar-refractivity contribution in [2.45, 2.75) is 6.54 Å². The van der Waals surface area contributed by atoms with Crippen molar-refractivity contribution in [2.75, 3.05) is 27.3 Å². The van der Waals surface area contributed by atoms with Crippen molar-refractivity contribution in [3.05, 3.63) is 58.6 Å². The molecule has 0 amide bonds. The standard InChI is InChI=1S/C17H20BrNO2/c1-19(10-11-21-15-6-4-3-5-7-15)13-14-8-9-17(20-2)16(18)12-14/h3-9,12H,10-11,13H2,1-2H3. The summed E-state index contributed by atoms with van der Waals surface area (Å²) in [4.78, 5) is 2.23. The SMILES string of the molecule is COc1ccc(CN(C)CCOc2ccccc2)cc1Br. The second-order valence-electron chi connectivity index (χ2n) is 4.87. The van der Waals surface area contributed by atoms with Gasteiger partial charge < -0.3 is 9.47 Å². The molecule has 0 aliphatic carbocycles. The van der Waals surface area contributed by atoms with E-state index in [2.05, 4.69) is 40.0 Å². The number of hydrogen-bond acceptors (Lipinski definition) is 3. The second-order valence-corrected chi connectivity index (χ2v) is 5.72. The third-order valence-electron chi connectivity index (χ3n) is 3.15. The van der Waals surface area contributed by atoms with E-state index in [0.717, 1.165) is 29.1 Å². The van der Waals surface area contributed by atoms with Gasteiger partial charge in [0.05, 0.1) is 11.6 Å². The highest BCUT2D eigenvalue weighted by molar-refractivity contribution is 9.10. The molecule has 0 spiro atoms. The molecule has 0 aliphatic rings. The molecule has 2 rings (SSSR count). The summed E-state index contributed by atoms with van der Waals surface area (Å²) in [6.45, 7) is 2.43. The largest absolute Gasteiger partial charge is 0.496 e. The molecule has 0 radical (unpaired) electrons. The van der Waals surface area contributed by atoms with E-state index in [4.69, 9.17) is 9.47 Å². The fourth-order valence-corrected chi connectivity index (χ4v) is 2.62. The van der Waals surface area contributed by atoms with Crippen molar-refractivity contribution in [1.29, 1.82) is 0 Å². The molecular formula is C17H20BrNO2. The summed E-state index contributed by atoms with van der Waals surface area (Å²) in [6, 6.07) is 16.0. The molecule has 4 heteroatoms. The first kappa shape index (κ1) is 15.9. The number of ether oxygens (including phenoxy) is 2. The third kappa shape index (κ3) is 5.06. The fourth-order valence-electron chi connectivity index (χ4n) is 2.04. The van der Waals surface area contributed by atoms with Crippen LogP contribution in [0.1, 0.15) is 5.56 Å². The lowest BCUT2D eigenvalue weighted by molar-refractivity contribution is 0.233. The lowest BCUT2D eigenvalue weighted by atomic mass is 10.2. The monoisotopic (exact) mass is 349 g/mol. The smallest absolute Gasteiger partial charge is 0.133 e. The zero-order chi connectivity index (χ0) is 15.1. The molecule has 0 unspecified atom stereocenters. The van der Waals surface area contributed by atoms with Crippen LogP contribution in [0.25, 0.3) is 0 Å². The van der Waals surface area contributed by atoms with Crippen LogP contribution in [0.5, 0.6) is 11.5 Å². The van der Waals surface area contributed by atoms with Gasteiger partial charge in [-0.15, -0.1) is 0 Å². The molecule has 0 bridgehead atoms. The number of nitrogens with zero attached hydrogens (tertiary/aromatic N) is 1. The Balaban J connectivity index is 1.79. The molecule has 0 N–H and O–H groups in total.